The number of hydrogen-bond acceptors (Lipinski definition) is 3. The van der Waals surface area contributed by atoms with E-state index < -0.39 is 10.0 Å². The van der Waals surface area contributed by atoms with Crippen LogP contribution in [0.3, 0.4) is 0 Å². The molecule has 6 heteroatoms. The number of anilines is 1. The number of benzene rings is 2. The van der Waals surface area contributed by atoms with Gasteiger partial charge in [-0.15, -0.1) is 0 Å². The van der Waals surface area contributed by atoms with Crippen LogP contribution < -0.4 is 9.46 Å². The lowest BCUT2D eigenvalue weighted by molar-refractivity contribution is 0.356. The molecule has 0 spiro atoms. The first-order valence-corrected chi connectivity index (χ1v) is 8.36. The van der Waals surface area contributed by atoms with Crippen LogP contribution in [0.1, 0.15) is 5.56 Å². The van der Waals surface area contributed by atoms with Crippen LogP contribution >= 0.6 is 15.9 Å². The molecule has 1 aliphatic rings. The first kappa shape index (κ1) is 13.5. The van der Waals surface area contributed by atoms with Crippen molar-refractivity contribution in [2.45, 2.75) is 11.3 Å². The zero-order chi connectivity index (χ0) is 14.2. The Balaban J connectivity index is 1.92. The topological polar surface area (TPSA) is 55.4 Å². The van der Waals surface area contributed by atoms with Gasteiger partial charge in [0.15, 0.2) is 0 Å². The molecule has 1 N–H and O–H groups in total. The molecule has 0 aromatic heterocycles. The van der Waals surface area contributed by atoms with Crippen molar-refractivity contribution in [2.75, 3.05) is 11.3 Å². The first-order chi connectivity index (χ1) is 9.54. The molecule has 0 saturated carbocycles. The highest BCUT2D eigenvalue weighted by atomic mass is 79.9. The summed E-state index contributed by atoms with van der Waals surface area (Å²) in [7, 11) is -3.58. The van der Waals surface area contributed by atoms with Gasteiger partial charge in [-0.2, -0.15) is 0 Å². The second kappa shape index (κ2) is 5.10. The normalized spacial score (nSPS) is 13.7. The average molecular weight is 354 g/mol. The number of ether oxygens (including phenoxy) is 1. The summed E-state index contributed by atoms with van der Waals surface area (Å²) in [5, 5.41) is 0. The van der Waals surface area contributed by atoms with Crippen LogP contribution in [0.25, 0.3) is 0 Å². The highest BCUT2D eigenvalue weighted by Crippen LogP contribution is 2.28. The van der Waals surface area contributed by atoms with Crippen molar-refractivity contribution in [2.24, 2.45) is 0 Å². The summed E-state index contributed by atoms with van der Waals surface area (Å²) in [6, 6.07) is 12.0. The SMILES string of the molecule is O=S(=O)(Nc1cccc(Br)c1)c1ccc2c(c1)CCO2. The molecule has 1 aliphatic heterocycles. The molecule has 4 nitrogen and oxygen atoms in total. The third kappa shape index (κ3) is 2.66. The molecule has 0 saturated heterocycles. The maximum Gasteiger partial charge on any atom is 0.261 e. The Bertz CT molecular complexity index is 759. The average Bonchev–Trinajstić information content (AvgIpc) is 2.85. The van der Waals surface area contributed by atoms with Crippen molar-refractivity contribution in [3.8, 4) is 5.75 Å². The lowest BCUT2D eigenvalue weighted by Crippen LogP contribution is -2.13. The van der Waals surface area contributed by atoms with Crippen LogP contribution in [-0.2, 0) is 16.4 Å². The van der Waals surface area contributed by atoms with Gasteiger partial charge in [0.1, 0.15) is 5.75 Å². The van der Waals surface area contributed by atoms with Gasteiger partial charge in [-0.05, 0) is 42.0 Å². The lowest BCUT2D eigenvalue weighted by Gasteiger charge is -2.09. The van der Waals surface area contributed by atoms with Crippen LogP contribution in [-0.4, -0.2) is 15.0 Å². The zero-order valence-electron chi connectivity index (χ0n) is 10.5. The molecule has 2 aromatic rings. The Morgan fingerprint density at radius 1 is 1.15 bits per heavy atom. The second-order valence-corrected chi connectivity index (χ2v) is 7.08. The van der Waals surface area contributed by atoms with Crippen molar-refractivity contribution >= 4 is 31.6 Å². The Labute approximate surface area is 126 Å². The van der Waals surface area contributed by atoms with E-state index in [1.165, 1.54) is 0 Å². The van der Waals surface area contributed by atoms with Gasteiger partial charge in [0.05, 0.1) is 11.5 Å². The molecule has 20 heavy (non-hydrogen) atoms. The van der Waals surface area contributed by atoms with Crippen molar-refractivity contribution < 1.29 is 13.2 Å². The highest BCUT2D eigenvalue weighted by Gasteiger charge is 2.19. The molecule has 0 radical (unpaired) electrons. The Morgan fingerprint density at radius 2 is 2.00 bits per heavy atom. The van der Waals surface area contributed by atoms with Gasteiger partial charge in [0.2, 0.25) is 0 Å². The highest BCUT2D eigenvalue weighted by molar-refractivity contribution is 9.10. The van der Waals surface area contributed by atoms with Gasteiger partial charge >= 0.3 is 0 Å². The van der Waals surface area contributed by atoms with Crippen molar-refractivity contribution in [1.82, 2.24) is 0 Å². The largest absolute Gasteiger partial charge is 0.493 e. The van der Waals surface area contributed by atoms with Crippen LogP contribution in [0.5, 0.6) is 5.75 Å². The minimum absolute atomic E-state index is 0.252. The summed E-state index contributed by atoms with van der Waals surface area (Å²) in [6.45, 7) is 0.609. The summed E-state index contributed by atoms with van der Waals surface area (Å²) in [5.41, 5.74) is 1.46. The summed E-state index contributed by atoms with van der Waals surface area (Å²) in [6.07, 6.45) is 0.746. The minimum atomic E-state index is -3.58. The predicted molar refractivity (Wildman–Crippen MR) is 80.6 cm³/mol. The number of rotatable bonds is 3. The monoisotopic (exact) mass is 353 g/mol. The summed E-state index contributed by atoms with van der Waals surface area (Å²) < 4.78 is 33.5. The van der Waals surface area contributed by atoms with E-state index in [-0.39, 0.29) is 4.90 Å². The third-order valence-electron chi connectivity index (χ3n) is 3.05. The number of hydrogen-bond donors (Lipinski definition) is 1. The van der Waals surface area contributed by atoms with Crippen molar-refractivity contribution in [3.63, 3.8) is 0 Å². The molecular weight excluding hydrogens is 342 g/mol. The molecule has 0 fully saturated rings. The summed E-state index contributed by atoms with van der Waals surface area (Å²) in [5.74, 6) is 0.770. The molecule has 2 aromatic carbocycles. The fraction of sp³-hybridized carbons (Fsp3) is 0.143. The van der Waals surface area contributed by atoms with E-state index in [0.717, 1.165) is 22.2 Å². The zero-order valence-corrected chi connectivity index (χ0v) is 12.9. The summed E-state index contributed by atoms with van der Waals surface area (Å²) >= 11 is 3.32. The minimum Gasteiger partial charge on any atom is -0.493 e. The molecule has 0 bridgehead atoms. The van der Waals surface area contributed by atoms with Crippen molar-refractivity contribution in [3.05, 3.63) is 52.5 Å². The van der Waals surface area contributed by atoms with Crippen LogP contribution in [0, 0.1) is 0 Å². The number of fused-ring (bicyclic) bond motifs is 1. The van der Waals surface area contributed by atoms with E-state index in [1.807, 2.05) is 6.07 Å². The summed E-state index contributed by atoms with van der Waals surface area (Å²) in [4.78, 5) is 0.252. The molecule has 104 valence electrons. The molecule has 0 unspecified atom stereocenters. The van der Waals surface area contributed by atoms with Gasteiger partial charge < -0.3 is 4.74 Å². The Hall–Kier alpha value is -1.53. The maximum atomic E-state index is 12.3. The van der Waals surface area contributed by atoms with E-state index in [1.54, 1.807) is 36.4 Å². The van der Waals surface area contributed by atoms with Crippen LogP contribution in [0.2, 0.25) is 0 Å². The number of sulfonamides is 1. The van der Waals surface area contributed by atoms with Crippen molar-refractivity contribution in [1.29, 1.82) is 0 Å². The van der Waals surface area contributed by atoms with Crippen LogP contribution in [0.4, 0.5) is 5.69 Å². The number of halogens is 1. The smallest absolute Gasteiger partial charge is 0.261 e. The first-order valence-electron chi connectivity index (χ1n) is 6.09. The standard InChI is InChI=1S/C14H12BrNO3S/c15-11-2-1-3-12(9-11)16-20(17,18)13-4-5-14-10(8-13)6-7-19-14/h1-5,8-9,16H,6-7H2. The molecule has 0 aliphatic carbocycles. The fourth-order valence-electron chi connectivity index (χ4n) is 2.10. The van der Waals surface area contributed by atoms with Gasteiger partial charge in [0, 0.05) is 16.6 Å². The lowest BCUT2D eigenvalue weighted by atomic mass is 10.2. The van der Waals surface area contributed by atoms with E-state index >= 15 is 0 Å². The molecule has 1 heterocycles. The quantitative estimate of drug-likeness (QED) is 0.921. The maximum absolute atomic E-state index is 12.3. The number of nitrogens with one attached hydrogen (secondary N) is 1. The van der Waals surface area contributed by atoms with E-state index in [0.29, 0.717) is 12.3 Å². The molecule has 0 atom stereocenters. The molecule has 3 rings (SSSR count). The van der Waals surface area contributed by atoms with Gasteiger partial charge in [-0.1, -0.05) is 22.0 Å². The predicted octanol–water partition coefficient (Wildman–Crippen LogP) is 3.18. The van der Waals surface area contributed by atoms with E-state index in [4.69, 9.17) is 4.74 Å². The Morgan fingerprint density at radius 3 is 2.80 bits per heavy atom. The Kier molecular flexibility index (Phi) is 3.43. The van der Waals surface area contributed by atoms with Gasteiger partial charge in [-0.3, -0.25) is 4.72 Å². The van der Waals surface area contributed by atoms with Gasteiger partial charge in [0.25, 0.3) is 10.0 Å². The van der Waals surface area contributed by atoms with Crippen LogP contribution in [0.15, 0.2) is 51.8 Å². The van der Waals surface area contributed by atoms with E-state index in [2.05, 4.69) is 20.7 Å². The van der Waals surface area contributed by atoms with Gasteiger partial charge in [-0.25, -0.2) is 8.42 Å². The molecular formula is C14H12BrNO3S. The second-order valence-electron chi connectivity index (χ2n) is 4.48. The molecule has 0 amide bonds. The third-order valence-corrected chi connectivity index (χ3v) is 4.92. The van der Waals surface area contributed by atoms with E-state index in [9.17, 15) is 8.42 Å². The fourth-order valence-corrected chi connectivity index (χ4v) is 3.60.